The molecule has 0 fully saturated rings. The maximum atomic E-state index is 13.1. The zero-order chi connectivity index (χ0) is 74.8. The van der Waals surface area contributed by atoms with E-state index < -0.39 is 97.5 Å². The van der Waals surface area contributed by atoms with Crippen LogP contribution in [0.25, 0.3) is 0 Å². The predicted molar refractivity (Wildman–Crippen MR) is 418 cm³/mol. The number of hydrogen-bond donors (Lipinski definition) is 3. The van der Waals surface area contributed by atoms with E-state index in [-0.39, 0.29) is 25.7 Å². The number of carbonyl (C=O) groups is 4. The quantitative estimate of drug-likeness (QED) is 0.0169. The highest BCUT2D eigenvalue weighted by atomic mass is 31.2. The van der Waals surface area contributed by atoms with Crippen molar-refractivity contribution in [2.75, 3.05) is 39.6 Å². The van der Waals surface area contributed by atoms with Gasteiger partial charge < -0.3 is 33.8 Å². The molecule has 3 unspecified atom stereocenters. The zero-order valence-corrected chi connectivity index (χ0v) is 68.0. The molecule has 0 aliphatic heterocycles. The molecule has 0 bridgehead atoms. The van der Waals surface area contributed by atoms with E-state index >= 15 is 0 Å². The van der Waals surface area contributed by atoms with E-state index in [0.29, 0.717) is 25.7 Å². The highest BCUT2D eigenvalue weighted by Gasteiger charge is 2.30. The van der Waals surface area contributed by atoms with Gasteiger partial charge in [-0.15, -0.1) is 0 Å². The molecule has 0 spiro atoms. The summed E-state index contributed by atoms with van der Waals surface area (Å²) in [5.41, 5.74) is 0. The summed E-state index contributed by atoms with van der Waals surface area (Å²) in [6, 6.07) is 0. The Morgan fingerprint density at radius 3 is 0.833 bits per heavy atom. The number of phosphoric acid groups is 2. The summed E-state index contributed by atoms with van der Waals surface area (Å²) in [6.45, 7) is 7.30. The first-order chi connectivity index (χ1) is 49.6. The molecule has 17 nitrogen and oxygen atoms in total. The summed E-state index contributed by atoms with van der Waals surface area (Å²) in [5, 5.41) is 10.6. The molecule has 602 valence electrons. The minimum absolute atomic E-state index is 0.0852. The first-order valence-electron chi connectivity index (χ1n) is 42.5. The fourth-order valence-electron chi connectivity index (χ4n) is 12.4. The lowest BCUT2D eigenvalue weighted by Crippen LogP contribution is -2.30. The van der Waals surface area contributed by atoms with Crippen molar-refractivity contribution in [3.63, 3.8) is 0 Å². The third kappa shape index (κ3) is 74.4. The Kier molecular flexibility index (Phi) is 73.5. The lowest BCUT2D eigenvalue weighted by molar-refractivity contribution is -0.161. The molecule has 0 saturated carbocycles. The SMILES string of the molecule is CCCCCC/C=C\C=C/CCCCCCCC(=O)O[C@H](COC(=O)CCCCCCCCCC)COP(=O)(O)OC[C@H](O)COP(=O)(O)OC[C@@H](COC(=O)CCCCCCCCCCCCCCCCC(C)CC)OC(=O)CCCCCCCCCCCCCCCCCCCCCCC. The van der Waals surface area contributed by atoms with E-state index in [0.717, 1.165) is 115 Å². The number of esters is 4. The van der Waals surface area contributed by atoms with E-state index in [9.17, 15) is 43.2 Å². The number of ether oxygens (including phenoxy) is 4. The van der Waals surface area contributed by atoms with Crippen LogP contribution < -0.4 is 0 Å². The molecule has 0 aromatic rings. The van der Waals surface area contributed by atoms with Crippen LogP contribution in [0.1, 0.15) is 420 Å². The molecule has 0 heterocycles. The Bertz CT molecular complexity index is 2040. The molecule has 0 aliphatic rings. The van der Waals surface area contributed by atoms with Gasteiger partial charge in [0.05, 0.1) is 26.4 Å². The van der Waals surface area contributed by atoms with Gasteiger partial charge in [0.1, 0.15) is 19.3 Å². The average molecular weight is 1490 g/mol. The number of aliphatic hydroxyl groups excluding tert-OH is 1. The van der Waals surface area contributed by atoms with Crippen LogP contribution in [0.5, 0.6) is 0 Å². The summed E-state index contributed by atoms with van der Waals surface area (Å²) in [7, 11) is -9.93. The van der Waals surface area contributed by atoms with Crippen LogP contribution in [-0.4, -0.2) is 96.7 Å². The first kappa shape index (κ1) is 99.5. The number of phosphoric ester groups is 2. The molecule has 0 rings (SSSR count). The van der Waals surface area contributed by atoms with Crippen molar-refractivity contribution < 1.29 is 80.2 Å². The van der Waals surface area contributed by atoms with E-state index in [2.05, 4.69) is 58.9 Å². The van der Waals surface area contributed by atoms with E-state index in [1.165, 1.54) is 225 Å². The molecule has 3 N–H and O–H groups in total. The number of rotatable bonds is 81. The summed E-state index contributed by atoms with van der Waals surface area (Å²) >= 11 is 0. The molecule has 6 atom stereocenters. The predicted octanol–water partition coefficient (Wildman–Crippen LogP) is 24.8. The van der Waals surface area contributed by atoms with Crippen LogP contribution in [0.3, 0.4) is 0 Å². The average Bonchev–Trinajstić information content (AvgIpc) is 0.918. The Balaban J connectivity index is 5.22. The highest BCUT2D eigenvalue weighted by Crippen LogP contribution is 2.45. The number of aliphatic hydroxyl groups is 1. The Morgan fingerprint density at radius 2 is 0.549 bits per heavy atom. The van der Waals surface area contributed by atoms with Gasteiger partial charge in [0.15, 0.2) is 12.2 Å². The maximum Gasteiger partial charge on any atom is 0.472 e. The van der Waals surface area contributed by atoms with Gasteiger partial charge in [0.2, 0.25) is 0 Å². The zero-order valence-electron chi connectivity index (χ0n) is 66.2. The van der Waals surface area contributed by atoms with Gasteiger partial charge in [-0.05, 0) is 57.3 Å². The molecule has 102 heavy (non-hydrogen) atoms. The molecule has 0 saturated heterocycles. The van der Waals surface area contributed by atoms with Crippen molar-refractivity contribution in [1.29, 1.82) is 0 Å². The minimum atomic E-state index is -4.97. The Hall–Kier alpha value is -2.46. The van der Waals surface area contributed by atoms with Crippen molar-refractivity contribution in [1.82, 2.24) is 0 Å². The maximum absolute atomic E-state index is 13.1. The first-order valence-corrected chi connectivity index (χ1v) is 45.5. The second kappa shape index (κ2) is 75.4. The van der Waals surface area contributed by atoms with Crippen molar-refractivity contribution in [2.45, 2.75) is 438 Å². The number of carbonyl (C=O) groups excluding carboxylic acids is 4. The molecule has 0 aromatic carbocycles. The van der Waals surface area contributed by atoms with Crippen molar-refractivity contribution >= 4 is 39.5 Å². The monoisotopic (exact) mass is 1490 g/mol. The molecular weight excluding hydrogens is 1330 g/mol. The van der Waals surface area contributed by atoms with E-state index in [1.54, 1.807) is 0 Å². The lowest BCUT2D eigenvalue weighted by atomic mass is 9.99. The molecule has 0 aliphatic carbocycles. The number of unbranched alkanes of at least 4 members (excludes halogenated alkanes) is 49. The van der Waals surface area contributed by atoms with Crippen LogP contribution in [0, 0.1) is 5.92 Å². The third-order valence-corrected chi connectivity index (χ3v) is 21.2. The second-order valence-corrected chi connectivity index (χ2v) is 32.3. The van der Waals surface area contributed by atoms with Crippen molar-refractivity contribution in [3.05, 3.63) is 24.3 Å². The van der Waals surface area contributed by atoms with E-state index in [4.69, 9.17) is 37.0 Å². The molecule has 0 aromatic heterocycles. The fraction of sp³-hybridized carbons (Fsp3) is 0.904. The van der Waals surface area contributed by atoms with Gasteiger partial charge in [0.25, 0.3) is 0 Å². The van der Waals surface area contributed by atoms with Gasteiger partial charge in [-0.1, -0.05) is 367 Å². The van der Waals surface area contributed by atoms with Gasteiger partial charge in [-0.25, -0.2) is 9.13 Å². The summed E-state index contributed by atoms with van der Waals surface area (Å²) < 4.78 is 68.6. The van der Waals surface area contributed by atoms with E-state index in [1.807, 2.05) is 0 Å². The minimum Gasteiger partial charge on any atom is -0.462 e. The lowest BCUT2D eigenvalue weighted by Gasteiger charge is -2.21. The van der Waals surface area contributed by atoms with Gasteiger partial charge in [-0.2, -0.15) is 0 Å². The molecule has 19 heteroatoms. The smallest absolute Gasteiger partial charge is 0.462 e. The summed E-state index contributed by atoms with van der Waals surface area (Å²) in [4.78, 5) is 73.0. The van der Waals surface area contributed by atoms with Crippen LogP contribution in [0.2, 0.25) is 0 Å². The summed E-state index contributed by atoms with van der Waals surface area (Å²) in [6.07, 6.45) is 70.3. The van der Waals surface area contributed by atoms with Crippen molar-refractivity contribution in [2.24, 2.45) is 5.92 Å². The standard InChI is InChI=1S/C83H158O17P2/c1-6-10-13-16-19-22-24-26-28-29-30-31-32-33-35-41-45-49-54-59-64-69-83(88)100-79(73-94-81(86)67-62-57-52-47-43-39-37-36-38-42-46-50-55-60-65-76(5)9-4)75-98-102(91,92)96-71-77(84)70-95-101(89,90)97-74-78(72-93-80(85)66-61-56-51-21-18-15-12-8-3)99-82(87)68-63-58-53-48-44-40-34-27-25-23-20-17-14-11-7-2/h23,25,27,34,76-79,84H,6-22,24,26,28-33,35-75H2,1-5H3,(H,89,90)(H,91,92)/b25-23-,34-27-/t76?,77-,78+,79+/m0/s1. The Morgan fingerprint density at radius 1 is 0.314 bits per heavy atom. The largest absolute Gasteiger partial charge is 0.472 e. The topological polar surface area (TPSA) is 237 Å². The normalized spacial score (nSPS) is 14.2. The van der Waals surface area contributed by atoms with Gasteiger partial charge in [0, 0.05) is 25.7 Å². The highest BCUT2D eigenvalue weighted by molar-refractivity contribution is 7.47. The second-order valence-electron chi connectivity index (χ2n) is 29.4. The number of hydrogen-bond acceptors (Lipinski definition) is 15. The van der Waals surface area contributed by atoms with Crippen LogP contribution in [-0.2, 0) is 65.4 Å². The fourth-order valence-corrected chi connectivity index (χ4v) is 13.9. The summed E-state index contributed by atoms with van der Waals surface area (Å²) in [5.74, 6) is -1.29. The van der Waals surface area contributed by atoms with Crippen LogP contribution in [0.4, 0.5) is 0 Å². The Labute approximate surface area is 624 Å². The van der Waals surface area contributed by atoms with Gasteiger partial charge in [-0.3, -0.25) is 37.3 Å². The third-order valence-electron chi connectivity index (χ3n) is 19.3. The molecular formula is C83H158O17P2. The van der Waals surface area contributed by atoms with Crippen LogP contribution in [0.15, 0.2) is 24.3 Å². The number of allylic oxidation sites excluding steroid dienone is 4. The molecule has 0 amide bonds. The van der Waals surface area contributed by atoms with Gasteiger partial charge >= 0.3 is 39.5 Å². The molecule has 0 radical (unpaired) electrons. The van der Waals surface area contributed by atoms with Crippen LogP contribution >= 0.6 is 15.6 Å². The van der Waals surface area contributed by atoms with Crippen molar-refractivity contribution in [3.8, 4) is 0 Å².